The van der Waals surface area contributed by atoms with Crippen LogP contribution in [0.3, 0.4) is 0 Å². The molecule has 0 spiro atoms. The molecular weight excluding hydrogens is 216 g/mol. The molecule has 0 bridgehead atoms. The molecule has 0 radical (unpaired) electrons. The van der Waals surface area contributed by atoms with E-state index in [1.54, 1.807) is 11.3 Å². The Morgan fingerprint density at radius 3 is 2.94 bits per heavy atom. The molecule has 2 aromatic heterocycles. The highest BCUT2D eigenvalue weighted by molar-refractivity contribution is 7.10. The van der Waals surface area contributed by atoms with Crippen molar-refractivity contribution in [1.82, 2.24) is 4.98 Å². The summed E-state index contributed by atoms with van der Waals surface area (Å²) in [5.74, 6) is 0. The smallest absolute Gasteiger partial charge is 0.0663 e. The topological polar surface area (TPSA) is 38.9 Å². The van der Waals surface area contributed by atoms with Crippen molar-refractivity contribution < 1.29 is 0 Å². The predicted molar refractivity (Wildman–Crippen MR) is 68.7 cm³/mol. The maximum absolute atomic E-state index is 6.28. The first-order valence-corrected chi connectivity index (χ1v) is 6.33. The fraction of sp³-hybridized carbons (Fsp3) is 0.308. The number of nitrogens with zero attached hydrogens (tertiary/aromatic N) is 1. The predicted octanol–water partition coefficient (Wildman–Crippen LogP) is 3.06. The lowest BCUT2D eigenvalue weighted by Gasteiger charge is -2.12. The normalized spacial score (nSPS) is 12.7. The molecule has 2 rings (SSSR count). The summed E-state index contributed by atoms with van der Waals surface area (Å²) in [6.45, 7) is 4.20. The van der Waals surface area contributed by atoms with Crippen molar-refractivity contribution in [1.29, 1.82) is 0 Å². The minimum absolute atomic E-state index is 0.0395. The summed E-state index contributed by atoms with van der Waals surface area (Å²) in [4.78, 5) is 5.45. The van der Waals surface area contributed by atoms with E-state index < -0.39 is 0 Å². The van der Waals surface area contributed by atoms with Crippen LogP contribution in [-0.2, 0) is 6.42 Å². The lowest BCUT2D eigenvalue weighted by atomic mass is 10.0. The molecule has 0 aliphatic rings. The number of thiophene rings is 1. The van der Waals surface area contributed by atoms with Gasteiger partial charge in [0.1, 0.15) is 0 Å². The summed E-state index contributed by atoms with van der Waals surface area (Å²) >= 11 is 1.73. The fourth-order valence-corrected chi connectivity index (χ4v) is 2.84. The third-order valence-electron chi connectivity index (χ3n) is 2.70. The van der Waals surface area contributed by atoms with E-state index in [-0.39, 0.29) is 6.04 Å². The zero-order valence-electron chi connectivity index (χ0n) is 9.60. The molecule has 2 N–H and O–H groups in total. The Morgan fingerprint density at radius 2 is 2.25 bits per heavy atom. The quantitative estimate of drug-likeness (QED) is 0.883. The first kappa shape index (κ1) is 11.3. The highest BCUT2D eigenvalue weighted by atomic mass is 32.1. The lowest BCUT2D eigenvalue weighted by Crippen LogP contribution is -2.12. The Labute approximate surface area is 100 Å². The van der Waals surface area contributed by atoms with Crippen molar-refractivity contribution in [3.8, 4) is 0 Å². The molecule has 0 aliphatic carbocycles. The monoisotopic (exact) mass is 232 g/mol. The molecule has 1 atom stereocenters. The first-order valence-electron chi connectivity index (χ1n) is 5.45. The SMILES string of the molecule is CCc1ccsc1C(N)c1cncc(C)c1. The molecule has 1 unspecified atom stereocenters. The van der Waals surface area contributed by atoms with Crippen LogP contribution in [0.1, 0.15) is 34.5 Å². The summed E-state index contributed by atoms with van der Waals surface area (Å²) in [5, 5.41) is 2.11. The number of nitrogens with two attached hydrogens (primary N) is 1. The maximum Gasteiger partial charge on any atom is 0.0663 e. The molecule has 84 valence electrons. The minimum Gasteiger partial charge on any atom is -0.320 e. The van der Waals surface area contributed by atoms with Gasteiger partial charge >= 0.3 is 0 Å². The molecule has 0 aromatic carbocycles. The third kappa shape index (κ3) is 2.15. The van der Waals surface area contributed by atoms with Crippen LogP contribution in [0.2, 0.25) is 0 Å². The van der Waals surface area contributed by atoms with Crippen molar-refractivity contribution in [2.75, 3.05) is 0 Å². The second-order valence-electron chi connectivity index (χ2n) is 3.94. The number of aromatic nitrogens is 1. The standard InChI is InChI=1S/C13H16N2S/c1-3-10-4-5-16-13(10)12(14)11-6-9(2)7-15-8-11/h4-8,12H,3,14H2,1-2H3. The summed E-state index contributed by atoms with van der Waals surface area (Å²) in [5.41, 5.74) is 9.87. The molecule has 16 heavy (non-hydrogen) atoms. The molecule has 0 amide bonds. The van der Waals surface area contributed by atoms with Gasteiger partial charge in [0, 0.05) is 17.3 Å². The second-order valence-corrected chi connectivity index (χ2v) is 4.88. The maximum atomic E-state index is 6.28. The summed E-state index contributed by atoms with van der Waals surface area (Å²) < 4.78 is 0. The van der Waals surface area contributed by atoms with E-state index in [4.69, 9.17) is 5.73 Å². The fourth-order valence-electron chi connectivity index (χ4n) is 1.81. The average Bonchev–Trinajstić information content (AvgIpc) is 2.76. The van der Waals surface area contributed by atoms with E-state index in [0.29, 0.717) is 0 Å². The Hall–Kier alpha value is -1.19. The number of rotatable bonds is 3. The summed E-state index contributed by atoms with van der Waals surface area (Å²) in [7, 11) is 0. The van der Waals surface area contributed by atoms with Crippen LogP contribution >= 0.6 is 11.3 Å². The van der Waals surface area contributed by atoms with Crippen molar-refractivity contribution in [3.63, 3.8) is 0 Å². The Kier molecular flexibility index (Phi) is 3.36. The van der Waals surface area contributed by atoms with Crippen molar-refractivity contribution in [2.45, 2.75) is 26.3 Å². The van der Waals surface area contributed by atoms with Crippen LogP contribution in [-0.4, -0.2) is 4.98 Å². The number of aryl methyl sites for hydroxylation is 2. The molecule has 2 nitrogen and oxygen atoms in total. The summed E-state index contributed by atoms with van der Waals surface area (Å²) in [6.07, 6.45) is 4.74. The lowest BCUT2D eigenvalue weighted by molar-refractivity contribution is 0.863. The molecule has 2 aromatic rings. The van der Waals surface area contributed by atoms with Gasteiger partial charge in [0.05, 0.1) is 6.04 Å². The highest BCUT2D eigenvalue weighted by Gasteiger charge is 2.14. The number of pyridine rings is 1. The molecule has 2 heterocycles. The van der Waals surface area contributed by atoms with Gasteiger partial charge in [0.15, 0.2) is 0 Å². The van der Waals surface area contributed by atoms with Gasteiger partial charge in [-0.15, -0.1) is 11.3 Å². The van der Waals surface area contributed by atoms with Gasteiger partial charge in [-0.3, -0.25) is 4.98 Å². The van der Waals surface area contributed by atoms with Gasteiger partial charge in [0.25, 0.3) is 0 Å². The van der Waals surface area contributed by atoms with Gasteiger partial charge in [-0.25, -0.2) is 0 Å². The number of hydrogen-bond donors (Lipinski definition) is 1. The zero-order chi connectivity index (χ0) is 11.5. The molecule has 0 aliphatic heterocycles. The van der Waals surface area contributed by atoms with Crippen LogP contribution in [0.25, 0.3) is 0 Å². The molecular formula is C13H16N2S. The molecule has 0 fully saturated rings. The van der Waals surface area contributed by atoms with E-state index >= 15 is 0 Å². The van der Waals surface area contributed by atoms with Gasteiger partial charge in [0.2, 0.25) is 0 Å². The van der Waals surface area contributed by atoms with E-state index in [2.05, 4.69) is 29.4 Å². The van der Waals surface area contributed by atoms with Gasteiger partial charge < -0.3 is 5.73 Å². The van der Waals surface area contributed by atoms with E-state index in [1.165, 1.54) is 10.4 Å². The van der Waals surface area contributed by atoms with Crippen molar-refractivity contribution in [2.24, 2.45) is 5.73 Å². The first-order chi connectivity index (χ1) is 7.72. The van der Waals surface area contributed by atoms with Gasteiger partial charge in [-0.05, 0) is 41.5 Å². The van der Waals surface area contributed by atoms with Crippen LogP contribution in [0.15, 0.2) is 29.9 Å². The van der Waals surface area contributed by atoms with Crippen molar-refractivity contribution in [3.05, 3.63) is 51.5 Å². The number of hydrogen-bond acceptors (Lipinski definition) is 3. The summed E-state index contributed by atoms with van der Waals surface area (Å²) in [6, 6.07) is 4.22. The molecule has 0 saturated carbocycles. The highest BCUT2D eigenvalue weighted by Crippen LogP contribution is 2.28. The van der Waals surface area contributed by atoms with E-state index in [9.17, 15) is 0 Å². The van der Waals surface area contributed by atoms with Gasteiger partial charge in [-0.2, -0.15) is 0 Å². The van der Waals surface area contributed by atoms with Crippen LogP contribution in [0.5, 0.6) is 0 Å². The molecule has 3 heteroatoms. The Morgan fingerprint density at radius 1 is 1.44 bits per heavy atom. The Bertz CT molecular complexity index is 476. The van der Waals surface area contributed by atoms with Gasteiger partial charge in [-0.1, -0.05) is 13.0 Å². The second kappa shape index (κ2) is 4.76. The molecule has 0 saturated heterocycles. The average molecular weight is 232 g/mol. The zero-order valence-corrected chi connectivity index (χ0v) is 10.4. The van der Waals surface area contributed by atoms with Crippen LogP contribution < -0.4 is 5.73 Å². The van der Waals surface area contributed by atoms with E-state index in [0.717, 1.165) is 17.5 Å². The Balaban J connectivity index is 2.35. The minimum atomic E-state index is -0.0395. The van der Waals surface area contributed by atoms with Crippen molar-refractivity contribution >= 4 is 11.3 Å². The third-order valence-corrected chi connectivity index (χ3v) is 3.74. The largest absolute Gasteiger partial charge is 0.320 e. The van der Waals surface area contributed by atoms with E-state index in [1.807, 2.05) is 19.3 Å². The van der Waals surface area contributed by atoms with Crippen LogP contribution in [0, 0.1) is 6.92 Å². The van der Waals surface area contributed by atoms with Crippen LogP contribution in [0.4, 0.5) is 0 Å².